The van der Waals surface area contributed by atoms with Crippen molar-refractivity contribution in [2.24, 2.45) is 5.92 Å². The third-order valence-corrected chi connectivity index (χ3v) is 3.62. The number of benzene rings is 1. The Morgan fingerprint density at radius 1 is 1.55 bits per heavy atom. The van der Waals surface area contributed by atoms with E-state index in [1.54, 1.807) is 13.2 Å². The van der Waals surface area contributed by atoms with Gasteiger partial charge in [-0.3, -0.25) is 4.79 Å². The van der Waals surface area contributed by atoms with Crippen molar-refractivity contribution in [3.63, 3.8) is 0 Å². The van der Waals surface area contributed by atoms with Crippen LogP contribution in [-0.2, 0) is 4.79 Å². The number of hydrogen-bond acceptors (Lipinski definition) is 5. The molecule has 2 heterocycles. The van der Waals surface area contributed by atoms with Gasteiger partial charge in [-0.25, -0.2) is 0 Å². The fourth-order valence-electron chi connectivity index (χ4n) is 2.51. The average molecular weight is 276 g/mol. The quantitative estimate of drug-likeness (QED) is 0.925. The zero-order chi connectivity index (χ0) is 14.1. The molecule has 2 aromatic rings. The Morgan fingerprint density at radius 2 is 2.40 bits per heavy atom. The van der Waals surface area contributed by atoms with E-state index in [1.807, 2.05) is 17.0 Å². The summed E-state index contributed by atoms with van der Waals surface area (Å²) in [4.78, 5) is 17.4. The highest BCUT2D eigenvalue weighted by Gasteiger charge is 2.27. The molecule has 20 heavy (non-hydrogen) atoms. The third-order valence-electron chi connectivity index (χ3n) is 3.62. The number of hydrogen-bond donors (Lipinski definition) is 1. The molecule has 1 aliphatic heterocycles. The van der Waals surface area contributed by atoms with Gasteiger partial charge in [-0.15, -0.1) is 0 Å². The number of ether oxygens (including phenoxy) is 1. The summed E-state index contributed by atoms with van der Waals surface area (Å²) in [6.45, 7) is 1.22. The molecule has 0 amide bonds. The third kappa shape index (κ3) is 2.29. The van der Waals surface area contributed by atoms with Gasteiger partial charge < -0.3 is 19.2 Å². The molecule has 106 valence electrons. The van der Waals surface area contributed by atoms with Crippen molar-refractivity contribution >= 4 is 23.1 Å². The fourth-order valence-corrected chi connectivity index (χ4v) is 2.51. The summed E-state index contributed by atoms with van der Waals surface area (Å²) in [5.41, 5.74) is 1.40. The highest BCUT2D eigenvalue weighted by Crippen LogP contribution is 2.28. The van der Waals surface area contributed by atoms with Crippen LogP contribution in [0.3, 0.4) is 0 Å². The Kier molecular flexibility index (Phi) is 3.22. The minimum atomic E-state index is -0.757. The molecule has 0 bridgehead atoms. The minimum Gasteiger partial charge on any atom is -0.497 e. The van der Waals surface area contributed by atoms with Gasteiger partial charge in [0, 0.05) is 19.2 Å². The maximum absolute atomic E-state index is 11.1. The topological polar surface area (TPSA) is 75.8 Å². The SMILES string of the molecule is COc1ccc2oc(N3CCCC(C(=O)O)C3)nc2c1. The first-order valence-corrected chi connectivity index (χ1v) is 6.59. The van der Waals surface area contributed by atoms with Crippen LogP contribution in [0.5, 0.6) is 5.75 Å². The standard InChI is InChI=1S/C14H16N2O4/c1-19-10-4-5-12-11(7-10)15-14(20-12)16-6-2-3-9(8-16)13(17)18/h4-5,7,9H,2-3,6,8H2,1H3,(H,17,18). The summed E-state index contributed by atoms with van der Waals surface area (Å²) in [5.74, 6) is -0.389. The summed E-state index contributed by atoms with van der Waals surface area (Å²) in [6.07, 6.45) is 1.54. The van der Waals surface area contributed by atoms with E-state index in [-0.39, 0.29) is 5.92 Å². The van der Waals surface area contributed by atoms with Gasteiger partial charge >= 0.3 is 5.97 Å². The maximum atomic E-state index is 11.1. The van der Waals surface area contributed by atoms with E-state index in [0.717, 1.165) is 24.2 Å². The number of fused-ring (bicyclic) bond motifs is 1. The number of rotatable bonds is 3. The summed E-state index contributed by atoms with van der Waals surface area (Å²) in [6, 6.07) is 5.91. The Morgan fingerprint density at radius 3 is 3.15 bits per heavy atom. The molecule has 1 aromatic carbocycles. The number of carboxylic acids is 1. The molecule has 1 aromatic heterocycles. The van der Waals surface area contributed by atoms with Crippen molar-refractivity contribution in [3.8, 4) is 5.75 Å². The van der Waals surface area contributed by atoms with Crippen LogP contribution in [0.25, 0.3) is 11.1 Å². The highest BCUT2D eigenvalue weighted by atomic mass is 16.5. The summed E-state index contributed by atoms with van der Waals surface area (Å²) in [7, 11) is 1.60. The lowest BCUT2D eigenvalue weighted by Gasteiger charge is -2.29. The van der Waals surface area contributed by atoms with Crippen LogP contribution in [-0.4, -0.2) is 36.3 Å². The Labute approximate surface area is 116 Å². The number of oxazole rings is 1. The Bertz CT molecular complexity index is 637. The number of aromatic nitrogens is 1. The molecular formula is C14H16N2O4. The van der Waals surface area contributed by atoms with Crippen molar-refractivity contribution in [2.45, 2.75) is 12.8 Å². The van der Waals surface area contributed by atoms with Gasteiger partial charge in [0.05, 0.1) is 13.0 Å². The first-order valence-electron chi connectivity index (χ1n) is 6.59. The van der Waals surface area contributed by atoms with E-state index in [9.17, 15) is 4.79 Å². The molecule has 1 atom stereocenters. The lowest BCUT2D eigenvalue weighted by atomic mass is 9.99. The number of carboxylic acid groups (broad SMARTS) is 1. The molecule has 0 saturated carbocycles. The largest absolute Gasteiger partial charge is 0.497 e. The molecule has 6 heteroatoms. The first kappa shape index (κ1) is 12.8. The van der Waals surface area contributed by atoms with Gasteiger partial charge in [-0.1, -0.05) is 0 Å². The number of methoxy groups -OCH3 is 1. The molecule has 1 fully saturated rings. The normalized spacial score (nSPS) is 19.2. The molecule has 0 radical (unpaired) electrons. The molecule has 0 spiro atoms. The van der Waals surface area contributed by atoms with Gasteiger partial charge in [-0.2, -0.15) is 4.98 Å². The van der Waals surface area contributed by atoms with Gasteiger partial charge in [-0.05, 0) is 25.0 Å². The fraction of sp³-hybridized carbons (Fsp3) is 0.429. The lowest BCUT2D eigenvalue weighted by Crippen LogP contribution is -2.38. The number of piperidine rings is 1. The lowest BCUT2D eigenvalue weighted by molar-refractivity contribution is -0.141. The van der Waals surface area contributed by atoms with Crippen molar-refractivity contribution in [2.75, 3.05) is 25.1 Å². The second-order valence-corrected chi connectivity index (χ2v) is 4.95. The molecular weight excluding hydrogens is 260 g/mol. The molecule has 6 nitrogen and oxygen atoms in total. The zero-order valence-corrected chi connectivity index (χ0v) is 11.2. The van der Waals surface area contributed by atoms with Crippen molar-refractivity contribution in [1.82, 2.24) is 4.98 Å². The summed E-state index contributed by atoms with van der Waals surface area (Å²) >= 11 is 0. The van der Waals surface area contributed by atoms with Gasteiger partial charge in [0.2, 0.25) is 0 Å². The number of nitrogens with zero attached hydrogens (tertiary/aromatic N) is 2. The molecule has 1 unspecified atom stereocenters. The average Bonchev–Trinajstić information content (AvgIpc) is 2.90. The van der Waals surface area contributed by atoms with Crippen LogP contribution >= 0.6 is 0 Å². The zero-order valence-electron chi connectivity index (χ0n) is 11.2. The summed E-state index contributed by atoms with van der Waals surface area (Å²) < 4.78 is 10.9. The van der Waals surface area contributed by atoms with E-state index < -0.39 is 5.97 Å². The van der Waals surface area contributed by atoms with Crippen LogP contribution in [0.2, 0.25) is 0 Å². The Hall–Kier alpha value is -2.24. The molecule has 0 aliphatic carbocycles. The van der Waals surface area contributed by atoms with Crippen LogP contribution in [0, 0.1) is 5.92 Å². The predicted molar refractivity (Wildman–Crippen MR) is 73.1 cm³/mol. The summed E-state index contributed by atoms with van der Waals surface area (Å²) in [5, 5.41) is 9.12. The maximum Gasteiger partial charge on any atom is 0.308 e. The van der Waals surface area contributed by atoms with Crippen molar-refractivity contribution in [3.05, 3.63) is 18.2 Å². The van der Waals surface area contributed by atoms with Crippen LogP contribution in [0.4, 0.5) is 6.01 Å². The number of carbonyl (C=O) groups is 1. The van der Waals surface area contributed by atoms with E-state index in [2.05, 4.69) is 4.98 Å². The minimum absolute atomic E-state index is 0.353. The number of aliphatic carboxylic acids is 1. The van der Waals surface area contributed by atoms with E-state index in [4.69, 9.17) is 14.3 Å². The Balaban J connectivity index is 1.88. The molecule has 3 rings (SSSR count). The van der Waals surface area contributed by atoms with Gasteiger partial charge in [0.25, 0.3) is 6.01 Å². The van der Waals surface area contributed by atoms with E-state index in [1.165, 1.54) is 0 Å². The van der Waals surface area contributed by atoms with Crippen LogP contribution in [0.15, 0.2) is 22.6 Å². The monoisotopic (exact) mass is 276 g/mol. The van der Waals surface area contributed by atoms with Crippen LogP contribution < -0.4 is 9.64 Å². The van der Waals surface area contributed by atoms with Crippen molar-refractivity contribution < 1.29 is 19.1 Å². The number of anilines is 1. The van der Waals surface area contributed by atoms with Crippen LogP contribution in [0.1, 0.15) is 12.8 Å². The predicted octanol–water partition coefficient (Wildman–Crippen LogP) is 2.14. The second kappa shape index (κ2) is 5.03. The van der Waals surface area contributed by atoms with E-state index >= 15 is 0 Å². The second-order valence-electron chi connectivity index (χ2n) is 4.95. The molecule has 1 saturated heterocycles. The van der Waals surface area contributed by atoms with Crippen molar-refractivity contribution in [1.29, 1.82) is 0 Å². The first-order chi connectivity index (χ1) is 9.67. The highest BCUT2D eigenvalue weighted by molar-refractivity contribution is 5.76. The molecule has 1 aliphatic rings. The van der Waals surface area contributed by atoms with Gasteiger partial charge in [0.1, 0.15) is 11.3 Å². The molecule has 1 N–H and O–H groups in total. The van der Waals surface area contributed by atoms with Gasteiger partial charge in [0.15, 0.2) is 5.58 Å². The smallest absolute Gasteiger partial charge is 0.308 e. The van der Waals surface area contributed by atoms with E-state index in [0.29, 0.717) is 24.6 Å².